The minimum atomic E-state index is -0.245. The number of hydrogen-bond donors (Lipinski definition) is 2. The van der Waals surface area contributed by atoms with Gasteiger partial charge in [-0.2, -0.15) is 5.10 Å². The molecule has 1 aliphatic heterocycles. The lowest BCUT2D eigenvalue weighted by atomic mass is 10.1. The third-order valence-corrected chi connectivity index (χ3v) is 4.72. The van der Waals surface area contributed by atoms with Gasteiger partial charge in [0.05, 0.1) is 11.5 Å². The van der Waals surface area contributed by atoms with E-state index in [4.69, 9.17) is 11.6 Å². The number of aromatic hydroxyl groups is 1. The number of phenolic OH excluding ortho intramolecular Hbond substituents is 1. The molecule has 0 aliphatic carbocycles. The maximum absolute atomic E-state index is 12.0. The Kier molecular flexibility index (Phi) is 5.17. The van der Waals surface area contributed by atoms with E-state index < -0.39 is 0 Å². The van der Waals surface area contributed by atoms with Gasteiger partial charge in [-0.15, -0.1) is 5.10 Å². The number of benzene rings is 2. The molecule has 122 valence electrons. The van der Waals surface area contributed by atoms with Crippen LogP contribution in [0.25, 0.3) is 0 Å². The average molecular weight is 360 g/mol. The number of carbonyl (C=O) groups is 1. The summed E-state index contributed by atoms with van der Waals surface area (Å²) in [6.45, 7) is 0. The summed E-state index contributed by atoms with van der Waals surface area (Å²) >= 11 is 7.20. The summed E-state index contributed by atoms with van der Waals surface area (Å²) in [4.78, 5) is 12.0. The van der Waals surface area contributed by atoms with E-state index in [1.165, 1.54) is 18.0 Å². The summed E-state index contributed by atoms with van der Waals surface area (Å²) in [5, 5.41) is 21.2. The van der Waals surface area contributed by atoms with Gasteiger partial charge in [-0.3, -0.25) is 4.79 Å². The van der Waals surface area contributed by atoms with Gasteiger partial charge in [-0.1, -0.05) is 47.6 Å². The molecule has 7 heteroatoms. The second kappa shape index (κ2) is 7.51. The first kappa shape index (κ1) is 16.5. The third-order valence-electron chi connectivity index (χ3n) is 3.39. The second-order valence-corrected chi connectivity index (χ2v) is 6.76. The maximum atomic E-state index is 12.0. The topological polar surface area (TPSA) is 74.0 Å². The molecule has 0 aromatic heterocycles. The summed E-state index contributed by atoms with van der Waals surface area (Å²) in [7, 11) is 0. The van der Waals surface area contributed by atoms with Gasteiger partial charge in [-0.25, -0.2) is 0 Å². The molecule has 1 saturated heterocycles. The van der Waals surface area contributed by atoms with Gasteiger partial charge >= 0.3 is 0 Å². The average Bonchev–Trinajstić information content (AvgIpc) is 2.91. The number of nitrogens with one attached hydrogen (secondary N) is 1. The van der Waals surface area contributed by atoms with Crippen LogP contribution >= 0.6 is 23.4 Å². The van der Waals surface area contributed by atoms with E-state index in [9.17, 15) is 9.90 Å². The first-order valence-corrected chi connectivity index (χ1v) is 8.48. The summed E-state index contributed by atoms with van der Waals surface area (Å²) in [5.41, 5.74) is 1.60. The smallest absolute Gasteiger partial charge is 0.239 e. The van der Waals surface area contributed by atoms with Gasteiger partial charge < -0.3 is 10.4 Å². The lowest BCUT2D eigenvalue weighted by Crippen LogP contribution is -2.25. The van der Waals surface area contributed by atoms with Gasteiger partial charge in [0.2, 0.25) is 5.91 Å². The molecule has 0 bridgehead atoms. The molecular weight excluding hydrogens is 346 g/mol. The Morgan fingerprint density at radius 2 is 1.96 bits per heavy atom. The number of hydrogen-bond acceptors (Lipinski definition) is 5. The minimum absolute atomic E-state index is 0.0912. The molecule has 0 radical (unpaired) electrons. The van der Waals surface area contributed by atoms with Crippen molar-refractivity contribution in [2.75, 3.05) is 0 Å². The lowest BCUT2D eigenvalue weighted by molar-refractivity contribution is -0.118. The van der Waals surface area contributed by atoms with E-state index >= 15 is 0 Å². The number of thioether (sulfide) groups is 1. The highest BCUT2D eigenvalue weighted by molar-refractivity contribution is 8.15. The number of amides is 1. The zero-order valence-corrected chi connectivity index (χ0v) is 14.1. The van der Waals surface area contributed by atoms with Crippen molar-refractivity contribution in [2.24, 2.45) is 10.2 Å². The number of phenols is 1. The van der Waals surface area contributed by atoms with E-state index in [0.29, 0.717) is 22.2 Å². The Labute approximate surface area is 148 Å². The van der Waals surface area contributed by atoms with E-state index in [1.807, 2.05) is 12.1 Å². The van der Waals surface area contributed by atoms with Crippen molar-refractivity contribution >= 4 is 40.7 Å². The molecule has 5 nitrogen and oxygen atoms in total. The lowest BCUT2D eigenvalue weighted by Gasteiger charge is -2.05. The monoisotopic (exact) mass is 359 g/mol. The zero-order chi connectivity index (χ0) is 16.9. The van der Waals surface area contributed by atoms with Crippen LogP contribution in [0.2, 0.25) is 5.02 Å². The Morgan fingerprint density at radius 1 is 1.21 bits per heavy atom. The molecule has 24 heavy (non-hydrogen) atoms. The van der Waals surface area contributed by atoms with Crippen molar-refractivity contribution in [2.45, 2.75) is 11.7 Å². The quantitative estimate of drug-likeness (QED) is 0.650. The Hall–Kier alpha value is -2.31. The normalized spacial score (nSPS) is 19.1. The largest absolute Gasteiger partial charge is 0.507 e. The van der Waals surface area contributed by atoms with Gasteiger partial charge in [-0.05, 0) is 36.2 Å². The molecule has 2 N–H and O–H groups in total. The minimum Gasteiger partial charge on any atom is -0.507 e. The first-order chi connectivity index (χ1) is 11.6. The Morgan fingerprint density at radius 3 is 2.71 bits per heavy atom. The number of nitrogens with zero attached hydrogens (tertiary/aromatic N) is 2. The highest BCUT2D eigenvalue weighted by Crippen LogP contribution is 2.24. The summed E-state index contributed by atoms with van der Waals surface area (Å²) in [6.07, 6.45) is 2.04. The highest BCUT2D eigenvalue weighted by atomic mass is 35.5. The molecule has 0 unspecified atom stereocenters. The fourth-order valence-electron chi connectivity index (χ4n) is 2.16. The molecular formula is C17H14ClN3O2S. The Bertz CT molecular complexity index is 806. The van der Waals surface area contributed by atoms with Crippen molar-refractivity contribution in [1.82, 2.24) is 5.32 Å². The van der Waals surface area contributed by atoms with Gasteiger partial charge in [0.1, 0.15) is 5.75 Å². The van der Waals surface area contributed by atoms with Crippen LogP contribution in [0.5, 0.6) is 5.75 Å². The maximum Gasteiger partial charge on any atom is 0.239 e. The van der Waals surface area contributed by atoms with Crippen LogP contribution in [0.4, 0.5) is 0 Å². The molecule has 1 fully saturated rings. The van der Waals surface area contributed by atoms with Crippen molar-refractivity contribution in [1.29, 1.82) is 0 Å². The number of rotatable bonds is 4. The molecule has 2 aromatic rings. The van der Waals surface area contributed by atoms with Crippen molar-refractivity contribution in [3.05, 3.63) is 64.7 Å². The third kappa shape index (κ3) is 4.15. The second-order valence-electron chi connectivity index (χ2n) is 5.13. The van der Waals surface area contributed by atoms with Crippen molar-refractivity contribution in [3.63, 3.8) is 0 Å². The molecule has 3 rings (SSSR count). The predicted molar refractivity (Wildman–Crippen MR) is 97.8 cm³/mol. The predicted octanol–water partition coefficient (Wildman–Crippen LogP) is 3.21. The molecule has 1 heterocycles. The van der Waals surface area contributed by atoms with Crippen LogP contribution in [0.3, 0.4) is 0 Å². The molecule has 0 saturated carbocycles. The molecule has 1 amide bonds. The van der Waals surface area contributed by atoms with Crippen LogP contribution in [-0.4, -0.2) is 27.6 Å². The SMILES string of the molecule is O=C1N/C(=N\N=C/c2ccccc2O)S[C@@H]1Cc1ccc(Cl)cc1. The van der Waals surface area contributed by atoms with Crippen molar-refractivity contribution < 1.29 is 9.90 Å². The summed E-state index contributed by atoms with van der Waals surface area (Å²) in [6, 6.07) is 14.2. The molecule has 2 aromatic carbocycles. The molecule has 0 spiro atoms. The van der Waals surface area contributed by atoms with E-state index in [0.717, 1.165) is 5.56 Å². The molecule has 1 atom stereocenters. The van der Waals surface area contributed by atoms with Gasteiger partial charge in [0.15, 0.2) is 5.17 Å². The van der Waals surface area contributed by atoms with Crippen LogP contribution in [-0.2, 0) is 11.2 Å². The van der Waals surface area contributed by atoms with Gasteiger partial charge in [0, 0.05) is 10.6 Å². The molecule has 1 aliphatic rings. The first-order valence-electron chi connectivity index (χ1n) is 7.23. The highest BCUT2D eigenvalue weighted by Gasteiger charge is 2.30. The van der Waals surface area contributed by atoms with E-state index in [2.05, 4.69) is 15.5 Å². The summed E-state index contributed by atoms with van der Waals surface area (Å²) < 4.78 is 0. The van der Waals surface area contributed by atoms with Crippen LogP contribution in [0.1, 0.15) is 11.1 Å². The van der Waals surface area contributed by atoms with Gasteiger partial charge in [0.25, 0.3) is 0 Å². The number of amidine groups is 1. The fraction of sp³-hybridized carbons (Fsp3) is 0.118. The van der Waals surface area contributed by atoms with Crippen LogP contribution < -0.4 is 5.32 Å². The van der Waals surface area contributed by atoms with E-state index in [1.54, 1.807) is 36.4 Å². The zero-order valence-electron chi connectivity index (χ0n) is 12.5. The Balaban J connectivity index is 1.63. The number of carbonyl (C=O) groups excluding carboxylic acids is 1. The summed E-state index contributed by atoms with van der Waals surface area (Å²) in [5.74, 6) is 0.0385. The fourth-order valence-corrected chi connectivity index (χ4v) is 3.25. The standard InChI is InChI=1S/C17H14ClN3O2S/c18-13-7-5-11(6-8-13)9-15-16(23)20-17(24-15)21-19-10-12-3-1-2-4-14(12)22/h1-8,10,15,22H,9H2,(H,20,21,23)/b19-10-/t15-/m1/s1. The number of halogens is 1. The van der Waals surface area contributed by atoms with Crippen LogP contribution in [0, 0.1) is 0 Å². The number of para-hydroxylation sites is 1. The van der Waals surface area contributed by atoms with Crippen LogP contribution in [0.15, 0.2) is 58.7 Å². The van der Waals surface area contributed by atoms with Crippen molar-refractivity contribution in [3.8, 4) is 5.75 Å². The van der Waals surface area contributed by atoms with E-state index in [-0.39, 0.29) is 16.9 Å².